The van der Waals surface area contributed by atoms with Crippen molar-refractivity contribution in [1.82, 2.24) is 5.32 Å². The van der Waals surface area contributed by atoms with Crippen molar-refractivity contribution in [1.29, 1.82) is 5.41 Å². The molecule has 3 heteroatoms. The molecular formula is C8H19N3. The third kappa shape index (κ3) is 2.78. The average Bonchev–Trinajstić information content (AvgIpc) is 2.00. The van der Waals surface area contributed by atoms with Crippen LogP contribution in [0.2, 0.25) is 0 Å². The predicted octanol–water partition coefficient (Wildman–Crippen LogP) is 1.44. The largest absolute Gasteiger partial charge is 0.370 e. The zero-order valence-corrected chi connectivity index (χ0v) is 7.70. The first kappa shape index (κ1) is 10.3. The van der Waals surface area contributed by atoms with Crippen LogP contribution < -0.4 is 11.1 Å². The van der Waals surface area contributed by atoms with Gasteiger partial charge < -0.3 is 11.1 Å². The Morgan fingerprint density at radius 1 is 1.27 bits per heavy atom. The predicted molar refractivity (Wildman–Crippen MR) is 48.7 cm³/mol. The van der Waals surface area contributed by atoms with Gasteiger partial charge in [-0.05, 0) is 19.3 Å². The molecule has 0 bridgehead atoms. The van der Waals surface area contributed by atoms with Crippen LogP contribution in [0.4, 0.5) is 0 Å². The molecular weight excluding hydrogens is 138 g/mol. The Balaban J connectivity index is 4.16. The van der Waals surface area contributed by atoms with Crippen molar-refractivity contribution in [2.75, 3.05) is 0 Å². The fourth-order valence-corrected chi connectivity index (χ4v) is 1.30. The summed E-state index contributed by atoms with van der Waals surface area (Å²) in [6, 6.07) is 0. The molecule has 0 aromatic rings. The summed E-state index contributed by atoms with van der Waals surface area (Å²) >= 11 is 0. The van der Waals surface area contributed by atoms with Gasteiger partial charge >= 0.3 is 0 Å². The highest BCUT2D eigenvalue weighted by Crippen LogP contribution is 2.18. The van der Waals surface area contributed by atoms with Crippen LogP contribution in [0.1, 0.15) is 40.0 Å². The van der Waals surface area contributed by atoms with Gasteiger partial charge in [0.25, 0.3) is 0 Å². The van der Waals surface area contributed by atoms with E-state index in [2.05, 4.69) is 26.1 Å². The monoisotopic (exact) mass is 157 g/mol. The summed E-state index contributed by atoms with van der Waals surface area (Å²) < 4.78 is 0. The Morgan fingerprint density at radius 3 is 1.73 bits per heavy atom. The average molecular weight is 157 g/mol. The first-order chi connectivity index (χ1) is 5.10. The molecule has 0 spiro atoms. The molecule has 0 heterocycles. The molecule has 0 aliphatic rings. The van der Waals surface area contributed by atoms with E-state index >= 15 is 0 Å². The highest BCUT2D eigenvalue weighted by Gasteiger charge is 2.23. The minimum Gasteiger partial charge on any atom is -0.370 e. The molecule has 0 aliphatic heterocycles. The van der Waals surface area contributed by atoms with E-state index in [4.69, 9.17) is 11.1 Å². The topological polar surface area (TPSA) is 61.9 Å². The van der Waals surface area contributed by atoms with Crippen LogP contribution in [0, 0.1) is 5.41 Å². The van der Waals surface area contributed by atoms with Gasteiger partial charge in [-0.15, -0.1) is 0 Å². The van der Waals surface area contributed by atoms with E-state index in [1.807, 2.05) is 0 Å². The lowest BCUT2D eigenvalue weighted by Gasteiger charge is -2.31. The zero-order chi connectivity index (χ0) is 8.91. The van der Waals surface area contributed by atoms with Crippen molar-refractivity contribution in [3.8, 4) is 0 Å². The smallest absolute Gasteiger partial charge is 0.186 e. The van der Waals surface area contributed by atoms with Crippen molar-refractivity contribution in [2.24, 2.45) is 5.73 Å². The second-order valence-corrected chi connectivity index (χ2v) is 2.88. The Bertz CT molecular complexity index is 119. The molecule has 0 unspecified atom stereocenters. The summed E-state index contributed by atoms with van der Waals surface area (Å²) in [6.07, 6.45) is 3.04. The normalized spacial score (nSPS) is 11.2. The molecule has 0 amide bonds. The number of guanidine groups is 1. The van der Waals surface area contributed by atoms with Crippen molar-refractivity contribution in [3.05, 3.63) is 0 Å². The molecule has 66 valence electrons. The highest BCUT2D eigenvalue weighted by atomic mass is 15.1. The Hall–Kier alpha value is -0.730. The van der Waals surface area contributed by atoms with Crippen LogP contribution in [0.5, 0.6) is 0 Å². The molecule has 4 N–H and O–H groups in total. The maximum absolute atomic E-state index is 7.13. The van der Waals surface area contributed by atoms with Crippen molar-refractivity contribution >= 4 is 5.96 Å². The van der Waals surface area contributed by atoms with E-state index in [0.717, 1.165) is 19.3 Å². The SMILES string of the molecule is CCC(CC)(CC)NC(=N)N. The van der Waals surface area contributed by atoms with E-state index in [1.165, 1.54) is 0 Å². The Kier molecular flexibility index (Phi) is 3.93. The van der Waals surface area contributed by atoms with Crippen LogP contribution in [0.25, 0.3) is 0 Å². The lowest BCUT2D eigenvalue weighted by molar-refractivity contribution is 0.338. The minimum absolute atomic E-state index is 0.0475. The van der Waals surface area contributed by atoms with Crippen LogP contribution in [-0.4, -0.2) is 11.5 Å². The Labute approximate surface area is 68.9 Å². The maximum Gasteiger partial charge on any atom is 0.186 e. The van der Waals surface area contributed by atoms with Crippen LogP contribution >= 0.6 is 0 Å². The van der Waals surface area contributed by atoms with Crippen molar-refractivity contribution in [2.45, 2.75) is 45.6 Å². The third-order valence-corrected chi connectivity index (χ3v) is 2.43. The summed E-state index contributed by atoms with van der Waals surface area (Å²) in [6.45, 7) is 6.34. The van der Waals surface area contributed by atoms with Gasteiger partial charge in [-0.1, -0.05) is 20.8 Å². The highest BCUT2D eigenvalue weighted by molar-refractivity contribution is 5.75. The fourth-order valence-electron chi connectivity index (χ4n) is 1.30. The maximum atomic E-state index is 7.13. The van der Waals surface area contributed by atoms with Gasteiger partial charge in [0.05, 0.1) is 0 Å². The van der Waals surface area contributed by atoms with Crippen molar-refractivity contribution < 1.29 is 0 Å². The molecule has 0 rings (SSSR count). The van der Waals surface area contributed by atoms with Gasteiger partial charge in [-0.25, -0.2) is 0 Å². The Morgan fingerprint density at radius 2 is 1.64 bits per heavy atom. The number of hydrogen-bond donors (Lipinski definition) is 3. The van der Waals surface area contributed by atoms with Gasteiger partial charge in [-0.3, -0.25) is 5.41 Å². The number of nitrogens with two attached hydrogens (primary N) is 1. The van der Waals surface area contributed by atoms with E-state index in [0.29, 0.717) is 0 Å². The molecule has 0 aromatic carbocycles. The molecule has 0 atom stereocenters. The summed E-state index contributed by atoms with van der Waals surface area (Å²) in [4.78, 5) is 0. The van der Waals surface area contributed by atoms with Gasteiger partial charge in [0.15, 0.2) is 5.96 Å². The first-order valence-corrected chi connectivity index (χ1v) is 4.22. The van der Waals surface area contributed by atoms with Gasteiger partial charge in [0.2, 0.25) is 0 Å². The molecule has 0 saturated carbocycles. The van der Waals surface area contributed by atoms with Crippen LogP contribution in [-0.2, 0) is 0 Å². The fraction of sp³-hybridized carbons (Fsp3) is 0.875. The molecule has 0 aromatic heterocycles. The van der Waals surface area contributed by atoms with E-state index in [1.54, 1.807) is 0 Å². The lowest BCUT2D eigenvalue weighted by atomic mass is 9.90. The quantitative estimate of drug-likeness (QED) is 0.427. The molecule has 0 fully saturated rings. The van der Waals surface area contributed by atoms with Gasteiger partial charge in [0.1, 0.15) is 0 Å². The van der Waals surface area contributed by atoms with Gasteiger partial charge in [0, 0.05) is 5.54 Å². The second-order valence-electron chi connectivity index (χ2n) is 2.88. The summed E-state index contributed by atoms with van der Waals surface area (Å²) in [5, 5.41) is 10.1. The second kappa shape index (κ2) is 4.21. The molecule has 0 saturated heterocycles. The molecule has 0 aliphatic carbocycles. The molecule has 11 heavy (non-hydrogen) atoms. The lowest BCUT2D eigenvalue weighted by Crippen LogP contribution is -2.49. The van der Waals surface area contributed by atoms with Gasteiger partial charge in [-0.2, -0.15) is 0 Å². The summed E-state index contributed by atoms with van der Waals surface area (Å²) in [5.41, 5.74) is 5.32. The van der Waals surface area contributed by atoms with Crippen molar-refractivity contribution in [3.63, 3.8) is 0 Å². The number of rotatable bonds is 4. The molecule has 3 nitrogen and oxygen atoms in total. The van der Waals surface area contributed by atoms with E-state index in [-0.39, 0.29) is 11.5 Å². The zero-order valence-electron chi connectivity index (χ0n) is 7.70. The summed E-state index contributed by atoms with van der Waals surface area (Å²) in [7, 11) is 0. The van der Waals surface area contributed by atoms with Crippen LogP contribution in [0.3, 0.4) is 0 Å². The summed E-state index contributed by atoms with van der Waals surface area (Å²) in [5.74, 6) is 0.0792. The molecule has 0 radical (unpaired) electrons. The number of nitrogens with one attached hydrogen (secondary N) is 2. The van der Waals surface area contributed by atoms with Crippen LogP contribution in [0.15, 0.2) is 0 Å². The number of hydrogen-bond acceptors (Lipinski definition) is 1. The van der Waals surface area contributed by atoms with E-state index in [9.17, 15) is 0 Å². The minimum atomic E-state index is 0.0475. The third-order valence-electron chi connectivity index (χ3n) is 2.43. The van der Waals surface area contributed by atoms with E-state index < -0.39 is 0 Å². The first-order valence-electron chi connectivity index (χ1n) is 4.22. The standard InChI is InChI=1S/C8H19N3/c1-4-8(5-2,6-3)11-7(9)10/h4-6H2,1-3H3,(H4,9,10,11).